The predicted molar refractivity (Wildman–Crippen MR) is 266 cm³/mol. The molecule has 0 aliphatic heterocycles. The molecule has 0 fully saturated rings. The Kier molecular flexibility index (Phi) is 20.7. The van der Waals surface area contributed by atoms with E-state index in [0.717, 1.165) is 101 Å². The van der Waals surface area contributed by atoms with Gasteiger partial charge in [-0.25, -0.2) is 0 Å². The topological polar surface area (TPSA) is 155 Å². The number of phenols is 4. The maximum atomic E-state index is 13.6. The molecular weight excluding hydrogens is 833 g/mol. The first-order chi connectivity index (χ1) is 32.1. The molecule has 0 saturated carbocycles. The molecule has 10 nitrogen and oxygen atoms in total. The standard InChI is InChI=1S/C56H72O10/c1-5-9-13-17-29-63-47-27-25-39(37-49(47)65-31-19-15-11-7-3)21-23-41-33-43(57)51(44(58)34-41)53-55(61)54(56(53)62)52-45(59)35-42(36-46(52)60)24-22-40-26-28-48(64-30-18-14-10-6-2)50(38-40)66-32-20-16-12-8-4/h21-28,33-38,53,57-61H,5-20,29-32H2,1-4H3/b23-21+,24-22+. The highest BCUT2D eigenvalue weighted by Crippen LogP contribution is 2.52. The highest BCUT2D eigenvalue weighted by Gasteiger charge is 2.46. The second kappa shape index (κ2) is 26.8. The van der Waals surface area contributed by atoms with Gasteiger partial charge in [-0.3, -0.25) is 4.79 Å². The zero-order valence-corrected chi connectivity index (χ0v) is 39.6. The number of ketones is 1. The number of aliphatic hydroxyl groups excluding tert-OH is 1. The quantitative estimate of drug-likeness (QED) is 0.0252. The molecule has 4 aromatic carbocycles. The Balaban J connectivity index is 1.29. The SMILES string of the molecule is CCCCCCOc1ccc(/C=C/c2cc(O)c(C3=C(O)C(c4c(O)cc(/C=C/c5ccc(OCCCCCC)c(OCCCCCC)c5)cc4O)C3=O)c(O)c2)cc1OCCCCCC. The number of phenolic OH excluding ortho intramolecular Hbond substituents is 4. The normalized spacial score (nSPS) is 13.8. The van der Waals surface area contributed by atoms with Gasteiger partial charge in [0.1, 0.15) is 34.7 Å². The van der Waals surface area contributed by atoms with E-state index in [1.54, 1.807) is 12.2 Å². The summed E-state index contributed by atoms with van der Waals surface area (Å²) in [6, 6.07) is 17.0. The maximum absolute atomic E-state index is 13.6. The van der Waals surface area contributed by atoms with Gasteiger partial charge in [-0.1, -0.05) is 141 Å². The lowest BCUT2D eigenvalue weighted by molar-refractivity contribution is -0.116. The maximum Gasteiger partial charge on any atom is 0.182 e. The van der Waals surface area contributed by atoms with Gasteiger partial charge in [0.2, 0.25) is 0 Å². The lowest BCUT2D eigenvalue weighted by Crippen LogP contribution is -2.28. The molecule has 5 rings (SSSR count). The summed E-state index contributed by atoms with van der Waals surface area (Å²) in [5.41, 5.74) is 1.83. The van der Waals surface area contributed by atoms with Crippen LogP contribution in [-0.2, 0) is 4.79 Å². The molecule has 356 valence electrons. The summed E-state index contributed by atoms with van der Waals surface area (Å²) >= 11 is 0. The first-order valence-corrected chi connectivity index (χ1v) is 24.3. The minimum absolute atomic E-state index is 0.173. The van der Waals surface area contributed by atoms with Crippen LogP contribution in [0.15, 0.2) is 66.4 Å². The van der Waals surface area contributed by atoms with E-state index in [1.807, 2.05) is 48.6 Å². The second-order valence-electron chi connectivity index (χ2n) is 17.2. The number of allylic oxidation sites excluding steroid dienone is 2. The number of hydrogen-bond acceptors (Lipinski definition) is 10. The van der Waals surface area contributed by atoms with Crippen molar-refractivity contribution in [1.82, 2.24) is 0 Å². The number of rotatable bonds is 30. The Morgan fingerprint density at radius 3 is 1.14 bits per heavy atom. The molecule has 10 heteroatoms. The summed E-state index contributed by atoms with van der Waals surface area (Å²) in [6.45, 7) is 11.1. The van der Waals surface area contributed by atoms with Crippen LogP contribution in [0.4, 0.5) is 0 Å². The largest absolute Gasteiger partial charge is 0.510 e. The number of carbonyl (C=O) groups is 1. The van der Waals surface area contributed by atoms with Crippen molar-refractivity contribution in [3.05, 3.63) is 99.8 Å². The predicted octanol–water partition coefficient (Wildman–Crippen LogP) is 14.3. The van der Waals surface area contributed by atoms with E-state index < -0.39 is 40.5 Å². The Morgan fingerprint density at radius 2 is 0.773 bits per heavy atom. The van der Waals surface area contributed by atoms with Crippen LogP contribution in [0.5, 0.6) is 46.0 Å². The van der Waals surface area contributed by atoms with Crippen LogP contribution in [-0.4, -0.2) is 57.7 Å². The Labute approximate surface area is 392 Å². The molecule has 1 unspecified atom stereocenters. The molecule has 1 aliphatic carbocycles. The van der Waals surface area contributed by atoms with E-state index in [1.165, 1.54) is 37.1 Å². The van der Waals surface area contributed by atoms with Gasteiger partial charge in [0.15, 0.2) is 28.8 Å². The number of aromatic hydroxyl groups is 4. The molecule has 1 atom stereocenters. The Hall–Kier alpha value is -6.03. The fraction of sp³-hybridized carbons (Fsp3) is 0.446. The lowest BCUT2D eigenvalue weighted by atomic mass is 9.73. The third-order valence-electron chi connectivity index (χ3n) is 11.7. The van der Waals surface area contributed by atoms with Gasteiger partial charge in [0.05, 0.1) is 43.1 Å². The highest BCUT2D eigenvalue weighted by molar-refractivity contribution is 6.33. The first kappa shape index (κ1) is 51.0. The third-order valence-corrected chi connectivity index (χ3v) is 11.7. The van der Waals surface area contributed by atoms with Crippen LogP contribution < -0.4 is 18.9 Å². The van der Waals surface area contributed by atoms with Crippen LogP contribution in [0.25, 0.3) is 29.9 Å². The molecule has 5 N–H and O–H groups in total. The van der Waals surface area contributed by atoms with Crippen molar-refractivity contribution in [1.29, 1.82) is 0 Å². The Bertz CT molecular complexity index is 2220. The number of ether oxygens (including phenoxy) is 4. The molecule has 0 aromatic heterocycles. The third kappa shape index (κ3) is 14.5. The van der Waals surface area contributed by atoms with Crippen LogP contribution in [0, 0.1) is 0 Å². The van der Waals surface area contributed by atoms with Crippen molar-refractivity contribution < 1.29 is 49.3 Å². The van der Waals surface area contributed by atoms with Gasteiger partial charge >= 0.3 is 0 Å². The lowest BCUT2D eigenvalue weighted by Gasteiger charge is -2.30. The number of Topliss-reactive ketones (excluding diaryl/α,β-unsaturated/α-hetero) is 1. The summed E-state index contributed by atoms with van der Waals surface area (Å²) in [6.07, 6.45) is 24.5. The van der Waals surface area contributed by atoms with Crippen LogP contribution in [0.3, 0.4) is 0 Å². The molecule has 0 spiro atoms. The second-order valence-corrected chi connectivity index (χ2v) is 17.2. The molecule has 1 aliphatic rings. The number of aliphatic hydroxyl groups is 1. The van der Waals surface area contributed by atoms with E-state index in [0.29, 0.717) is 60.6 Å². The smallest absolute Gasteiger partial charge is 0.182 e. The van der Waals surface area contributed by atoms with E-state index in [-0.39, 0.29) is 16.7 Å². The molecule has 4 aromatic rings. The summed E-state index contributed by atoms with van der Waals surface area (Å²) in [5, 5.41) is 55.6. The zero-order valence-electron chi connectivity index (χ0n) is 39.6. The summed E-state index contributed by atoms with van der Waals surface area (Å²) in [5.74, 6) is -1.51. The van der Waals surface area contributed by atoms with E-state index in [9.17, 15) is 30.3 Å². The zero-order chi connectivity index (χ0) is 47.3. The molecule has 0 saturated heterocycles. The number of carbonyl (C=O) groups excluding carboxylic acids is 1. The van der Waals surface area contributed by atoms with Crippen LogP contribution >= 0.6 is 0 Å². The number of benzene rings is 4. The van der Waals surface area contributed by atoms with E-state index in [2.05, 4.69) is 27.7 Å². The fourth-order valence-electron chi connectivity index (χ4n) is 7.95. The summed E-state index contributed by atoms with van der Waals surface area (Å²) in [4.78, 5) is 13.6. The van der Waals surface area contributed by atoms with Crippen LogP contribution in [0.1, 0.15) is 170 Å². The monoisotopic (exact) mass is 905 g/mol. The molecule has 0 amide bonds. The fourth-order valence-corrected chi connectivity index (χ4v) is 7.95. The van der Waals surface area contributed by atoms with Gasteiger partial charge in [-0.05, 0) is 96.5 Å². The van der Waals surface area contributed by atoms with E-state index >= 15 is 0 Å². The van der Waals surface area contributed by atoms with Crippen molar-refractivity contribution in [3.63, 3.8) is 0 Å². The minimum atomic E-state index is -1.39. The molecular formula is C56H72O10. The van der Waals surface area contributed by atoms with Gasteiger partial charge in [-0.2, -0.15) is 0 Å². The summed E-state index contributed by atoms with van der Waals surface area (Å²) < 4.78 is 24.5. The van der Waals surface area contributed by atoms with Crippen molar-refractivity contribution in [2.45, 2.75) is 136 Å². The van der Waals surface area contributed by atoms with Gasteiger partial charge < -0.3 is 44.5 Å². The van der Waals surface area contributed by atoms with Crippen molar-refractivity contribution in [3.8, 4) is 46.0 Å². The van der Waals surface area contributed by atoms with Crippen molar-refractivity contribution >= 4 is 35.7 Å². The summed E-state index contributed by atoms with van der Waals surface area (Å²) in [7, 11) is 0. The molecule has 66 heavy (non-hydrogen) atoms. The molecule has 0 radical (unpaired) electrons. The average molecular weight is 905 g/mol. The van der Waals surface area contributed by atoms with Gasteiger partial charge in [0, 0.05) is 0 Å². The van der Waals surface area contributed by atoms with Crippen molar-refractivity contribution in [2.75, 3.05) is 26.4 Å². The first-order valence-electron chi connectivity index (χ1n) is 24.3. The van der Waals surface area contributed by atoms with E-state index in [4.69, 9.17) is 18.9 Å². The minimum Gasteiger partial charge on any atom is -0.510 e. The number of hydrogen-bond donors (Lipinski definition) is 5. The Morgan fingerprint density at radius 1 is 0.424 bits per heavy atom. The molecule has 0 bridgehead atoms. The molecule has 0 heterocycles. The van der Waals surface area contributed by atoms with Crippen molar-refractivity contribution in [2.24, 2.45) is 0 Å². The highest BCUT2D eigenvalue weighted by atomic mass is 16.5. The van der Waals surface area contributed by atoms with Crippen LogP contribution in [0.2, 0.25) is 0 Å². The average Bonchev–Trinajstić information content (AvgIpc) is 3.30. The van der Waals surface area contributed by atoms with Gasteiger partial charge in [-0.15, -0.1) is 0 Å². The number of unbranched alkanes of at least 4 members (excludes halogenated alkanes) is 12. The van der Waals surface area contributed by atoms with Gasteiger partial charge in [0.25, 0.3) is 0 Å².